The Morgan fingerprint density at radius 2 is 0.450 bits per heavy atom. The zero-order valence-electron chi connectivity index (χ0n) is 32.1. The Morgan fingerprint density at radius 3 is 0.717 bits per heavy atom. The van der Waals surface area contributed by atoms with Gasteiger partial charge in [-0.05, 0) is 109 Å². The topological polar surface area (TPSA) is 116 Å². The van der Waals surface area contributed by atoms with E-state index in [4.69, 9.17) is 15.0 Å². The normalized spacial score (nSPS) is 11.0. The molecule has 0 spiro atoms. The summed E-state index contributed by atoms with van der Waals surface area (Å²) in [7, 11) is 0. The van der Waals surface area contributed by atoms with Crippen LogP contribution in [0.4, 0.5) is 0 Å². The summed E-state index contributed by atoms with van der Waals surface area (Å²) in [6.07, 6.45) is 16.3. The van der Waals surface area contributed by atoms with Gasteiger partial charge >= 0.3 is 0 Å². The maximum atomic E-state index is 5.20. The molecule has 0 amide bonds. The van der Waals surface area contributed by atoms with Crippen molar-refractivity contribution in [1.82, 2.24) is 44.9 Å². The molecule has 0 aliphatic rings. The van der Waals surface area contributed by atoms with Gasteiger partial charge in [0, 0.05) is 106 Å². The van der Waals surface area contributed by atoms with E-state index < -0.39 is 0 Å². The number of benzene rings is 1. The number of hydrogen-bond acceptors (Lipinski definition) is 9. The molecule has 10 rings (SSSR count). The van der Waals surface area contributed by atoms with E-state index in [-0.39, 0.29) is 0 Å². The maximum absolute atomic E-state index is 5.20. The van der Waals surface area contributed by atoms with Crippen LogP contribution >= 0.6 is 0 Å². The Kier molecular flexibility index (Phi) is 9.71. The van der Waals surface area contributed by atoms with Crippen molar-refractivity contribution < 1.29 is 0 Å². The predicted octanol–water partition coefficient (Wildman–Crippen LogP) is 11.2. The standard InChI is InChI=1S/C51H33N9/c1-4-19-55-43(10-1)37-25-40(31-52-28-37)49-16-7-13-46(58-49)34-22-35(47-14-8-17-50(59-47)41-26-38(29-53-32-41)44-11-2-5-20-56-44)24-36(23-34)48-15-9-18-51(60-48)42-27-39(30-54-33-42)45-12-3-6-21-57-45/h1-33H. The first-order valence-corrected chi connectivity index (χ1v) is 19.4. The van der Waals surface area contributed by atoms with Gasteiger partial charge in [-0.1, -0.05) is 36.4 Å². The number of nitrogens with zero attached hydrogens (tertiary/aromatic N) is 9. The van der Waals surface area contributed by atoms with Gasteiger partial charge < -0.3 is 0 Å². The van der Waals surface area contributed by atoms with Crippen molar-refractivity contribution in [3.05, 3.63) is 201 Å². The molecule has 282 valence electrons. The summed E-state index contributed by atoms with van der Waals surface area (Å²) < 4.78 is 0. The second kappa shape index (κ2) is 16.2. The Hall–Kier alpha value is -8.43. The van der Waals surface area contributed by atoms with Crippen LogP contribution < -0.4 is 0 Å². The van der Waals surface area contributed by atoms with Crippen LogP contribution in [-0.4, -0.2) is 44.9 Å². The zero-order chi connectivity index (χ0) is 40.1. The molecule has 60 heavy (non-hydrogen) atoms. The van der Waals surface area contributed by atoms with E-state index in [2.05, 4.69) is 66.3 Å². The van der Waals surface area contributed by atoms with Crippen molar-refractivity contribution in [3.63, 3.8) is 0 Å². The molecule has 0 saturated carbocycles. The molecule has 0 unspecified atom stereocenters. The second-order valence-electron chi connectivity index (χ2n) is 14.1. The highest BCUT2D eigenvalue weighted by Crippen LogP contribution is 2.35. The Balaban J connectivity index is 1.07. The fourth-order valence-corrected chi connectivity index (χ4v) is 7.10. The number of pyridine rings is 9. The summed E-state index contributed by atoms with van der Waals surface area (Å²) in [5.41, 5.74) is 15.5. The minimum Gasteiger partial charge on any atom is -0.263 e. The minimum absolute atomic E-state index is 0.797. The van der Waals surface area contributed by atoms with Gasteiger partial charge in [0.2, 0.25) is 0 Å². The Bertz CT molecular complexity index is 2760. The SMILES string of the molecule is c1ccc(-c2cncc(-c3cccc(-c4cc(-c5cccc(-c6cncc(-c7ccccn7)c6)n5)cc(-c5cccc(-c6cncc(-c7ccccn7)c6)n5)c4)n3)c2)nc1. The molecule has 9 heterocycles. The Labute approximate surface area is 346 Å². The summed E-state index contributed by atoms with van der Waals surface area (Å²) in [4.78, 5) is 42.8. The average molecular weight is 772 g/mol. The molecular formula is C51H33N9. The summed E-state index contributed by atoms with van der Waals surface area (Å²) in [6, 6.07) is 48.4. The van der Waals surface area contributed by atoms with Gasteiger partial charge in [-0.15, -0.1) is 0 Å². The monoisotopic (exact) mass is 771 g/mol. The molecule has 0 bridgehead atoms. The summed E-state index contributed by atoms with van der Waals surface area (Å²) in [6.45, 7) is 0. The van der Waals surface area contributed by atoms with E-state index in [1.165, 1.54) is 0 Å². The lowest BCUT2D eigenvalue weighted by atomic mass is 9.97. The van der Waals surface area contributed by atoms with Crippen LogP contribution in [0.3, 0.4) is 0 Å². The van der Waals surface area contributed by atoms with Gasteiger partial charge in [-0.2, -0.15) is 0 Å². The van der Waals surface area contributed by atoms with Gasteiger partial charge in [0.1, 0.15) is 0 Å². The van der Waals surface area contributed by atoms with E-state index in [0.717, 1.165) is 101 Å². The fraction of sp³-hybridized carbons (Fsp3) is 0. The third-order valence-electron chi connectivity index (χ3n) is 10.1. The molecule has 0 radical (unpaired) electrons. The summed E-state index contributed by atoms with van der Waals surface area (Å²) in [5.74, 6) is 0. The summed E-state index contributed by atoms with van der Waals surface area (Å²) in [5, 5.41) is 0. The first-order chi connectivity index (χ1) is 29.7. The first kappa shape index (κ1) is 35.9. The van der Waals surface area contributed by atoms with E-state index in [1.807, 2.05) is 146 Å². The maximum Gasteiger partial charge on any atom is 0.0725 e. The molecule has 0 aliphatic carbocycles. The van der Waals surface area contributed by atoms with Crippen molar-refractivity contribution in [2.24, 2.45) is 0 Å². The molecule has 9 aromatic heterocycles. The fourth-order valence-electron chi connectivity index (χ4n) is 7.10. The van der Waals surface area contributed by atoms with Gasteiger partial charge in [0.15, 0.2) is 0 Å². The van der Waals surface area contributed by atoms with E-state index in [9.17, 15) is 0 Å². The van der Waals surface area contributed by atoms with Gasteiger partial charge in [-0.25, -0.2) is 15.0 Å². The average Bonchev–Trinajstić information content (AvgIpc) is 3.35. The molecular weight excluding hydrogens is 739 g/mol. The van der Waals surface area contributed by atoms with Crippen molar-refractivity contribution >= 4 is 0 Å². The van der Waals surface area contributed by atoms with Crippen molar-refractivity contribution in [3.8, 4) is 101 Å². The lowest BCUT2D eigenvalue weighted by Crippen LogP contribution is -1.95. The zero-order valence-corrected chi connectivity index (χ0v) is 32.1. The largest absolute Gasteiger partial charge is 0.263 e. The van der Waals surface area contributed by atoms with Crippen LogP contribution in [0.5, 0.6) is 0 Å². The highest BCUT2D eigenvalue weighted by Gasteiger charge is 2.15. The quantitative estimate of drug-likeness (QED) is 0.141. The molecule has 0 N–H and O–H groups in total. The smallest absolute Gasteiger partial charge is 0.0725 e. The second-order valence-corrected chi connectivity index (χ2v) is 14.1. The van der Waals surface area contributed by atoms with Crippen LogP contribution in [0.2, 0.25) is 0 Å². The van der Waals surface area contributed by atoms with Crippen LogP contribution in [0, 0.1) is 0 Å². The number of hydrogen-bond donors (Lipinski definition) is 0. The molecule has 10 aromatic rings. The van der Waals surface area contributed by atoms with Crippen LogP contribution in [0.25, 0.3) is 101 Å². The van der Waals surface area contributed by atoms with Crippen molar-refractivity contribution in [2.45, 2.75) is 0 Å². The van der Waals surface area contributed by atoms with E-state index in [0.29, 0.717) is 0 Å². The Morgan fingerprint density at radius 1 is 0.217 bits per heavy atom. The van der Waals surface area contributed by atoms with Crippen molar-refractivity contribution in [2.75, 3.05) is 0 Å². The molecule has 0 saturated heterocycles. The minimum atomic E-state index is 0.797. The van der Waals surface area contributed by atoms with Crippen LogP contribution in [0.15, 0.2) is 201 Å². The third-order valence-corrected chi connectivity index (χ3v) is 10.1. The van der Waals surface area contributed by atoms with Gasteiger partial charge in [-0.3, -0.25) is 29.9 Å². The number of rotatable bonds is 9. The molecule has 1 aromatic carbocycles. The molecule has 0 fully saturated rings. The molecule has 0 atom stereocenters. The molecule has 0 aliphatic heterocycles. The highest BCUT2D eigenvalue weighted by atomic mass is 14.8. The third kappa shape index (κ3) is 7.66. The summed E-state index contributed by atoms with van der Waals surface area (Å²) >= 11 is 0. The van der Waals surface area contributed by atoms with Crippen LogP contribution in [0.1, 0.15) is 0 Å². The highest BCUT2D eigenvalue weighted by molar-refractivity contribution is 5.81. The van der Waals surface area contributed by atoms with E-state index in [1.54, 1.807) is 18.6 Å². The van der Waals surface area contributed by atoms with Gasteiger partial charge in [0.25, 0.3) is 0 Å². The lowest BCUT2D eigenvalue weighted by Gasteiger charge is -2.13. The van der Waals surface area contributed by atoms with E-state index >= 15 is 0 Å². The molecule has 9 heteroatoms. The van der Waals surface area contributed by atoms with Crippen LogP contribution in [-0.2, 0) is 0 Å². The molecule has 9 nitrogen and oxygen atoms in total. The first-order valence-electron chi connectivity index (χ1n) is 19.4. The number of aromatic nitrogens is 9. The lowest BCUT2D eigenvalue weighted by molar-refractivity contribution is 1.25. The van der Waals surface area contributed by atoms with Gasteiger partial charge in [0.05, 0.1) is 51.2 Å². The van der Waals surface area contributed by atoms with Crippen molar-refractivity contribution in [1.29, 1.82) is 0 Å². The predicted molar refractivity (Wildman–Crippen MR) is 236 cm³/mol.